The van der Waals surface area contributed by atoms with E-state index in [9.17, 15) is 13.2 Å². The van der Waals surface area contributed by atoms with Crippen LogP contribution in [0.25, 0.3) is 10.9 Å². The largest absolute Gasteiger partial charge is 0.573 e. The topological polar surface area (TPSA) is 62.3 Å². The van der Waals surface area contributed by atoms with E-state index in [1.54, 1.807) is 12.1 Å². The van der Waals surface area contributed by atoms with Gasteiger partial charge in [0.2, 0.25) is 5.95 Å². The maximum atomic E-state index is 12.7. The monoisotopic (exact) mass is 565 g/mol. The molecular formula is C24H29Cl3F3N5O. The molecule has 1 heterocycles. The fourth-order valence-electron chi connectivity index (χ4n) is 4.24. The van der Waals surface area contributed by atoms with Crippen LogP contribution in [0.2, 0.25) is 5.02 Å². The van der Waals surface area contributed by atoms with Crippen molar-refractivity contribution in [3.8, 4) is 5.75 Å². The molecule has 12 heteroatoms. The van der Waals surface area contributed by atoms with Crippen molar-refractivity contribution >= 4 is 59.1 Å². The third kappa shape index (κ3) is 7.90. The summed E-state index contributed by atoms with van der Waals surface area (Å²) in [5.74, 6) is 1.20. The molecule has 1 fully saturated rings. The van der Waals surface area contributed by atoms with E-state index in [-0.39, 0.29) is 54.2 Å². The fourth-order valence-corrected chi connectivity index (χ4v) is 4.40. The van der Waals surface area contributed by atoms with Gasteiger partial charge >= 0.3 is 6.36 Å². The third-order valence-corrected chi connectivity index (χ3v) is 6.14. The number of aromatic nitrogens is 2. The predicted octanol–water partition coefficient (Wildman–Crippen LogP) is 6.60. The average molecular weight is 567 g/mol. The Labute approximate surface area is 225 Å². The van der Waals surface area contributed by atoms with Gasteiger partial charge < -0.3 is 20.3 Å². The Morgan fingerprint density at radius 1 is 1.00 bits per heavy atom. The van der Waals surface area contributed by atoms with Gasteiger partial charge in [-0.2, -0.15) is 4.98 Å². The van der Waals surface area contributed by atoms with Gasteiger partial charge in [-0.1, -0.05) is 29.8 Å². The second kappa shape index (κ2) is 12.9. The van der Waals surface area contributed by atoms with Gasteiger partial charge in [0.05, 0.1) is 5.52 Å². The number of fused-ring (bicyclic) bond motifs is 1. The zero-order valence-electron chi connectivity index (χ0n) is 19.8. The lowest BCUT2D eigenvalue weighted by atomic mass is 9.91. The molecule has 0 aliphatic heterocycles. The van der Waals surface area contributed by atoms with Crippen molar-refractivity contribution in [3.63, 3.8) is 0 Å². The minimum atomic E-state index is -4.76. The highest BCUT2D eigenvalue weighted by atomic mass is 35.5. The van der Waals surface area contributed by atoms with Gasteiger partial charge in [-0.3, -0.25) is 0 Å². The van der Waals surface area contributed by atoms with E-state index in [0.29, 0.717) is 11.5 Å². The average Bonchev–Trinajstić information content (AvgIpc) is 2.78. The lowest BCUT2D eigenvalue weighted by Gasteiger charge is -2.30. The molecule has 0 bridgehead atoms. The van der Waals surface area contributed by atoms with Crippen molar-refractivity contribution in [1.82, 2.24) is 15.3 Å². The first-order chi connectivity index (χ1) is 16.2. The molecular weight excluding hydrogens is 538 g/mol. The van der Waals surface area contributed by atoms with E-state index in [4.69, 9.17) is 16.6 Å². The number of nitrogens with zero attached hydrogens (tertiary/aromatic N) is 3. The van der Waals surface area contributed by atoms with Crippen LogP contribution in [0.1, 0.15) is 31.2 Å². The van der Waals surface area contributed by atoms with Crippen molar-refractivity contribution < 1.29 is 17.9 Å². The summed E-state index contributed by atoms with van der Waals surface area (Å²) < 4.78 is 42.3. The van der Waals surface area contributed by atoms with Crippen LogP contribution in [0, 0.1) is 0 Å². The van der Waals surface area contributed by atoms with Crippen LogP contribution in [-0.2, 0) is 6.54 Å². The number of alkyl halides is 3. The minimum Gasteiger partial charge on any atom is -0.405 e. The third-order valence-electron chi connectivity index (χ3n) is 5.90. The van der Waals surface area contributed by atoms with Gasteiger partial charge in [-0.15, -0.1) is 38.0 Å². The lowest BCUT2D eigenvalue weighted by molar-refractivity contribution is -0.274. The van der Waals surface area contributed by atoms with Crippen molar-refractivity contribution in [2.75, 3.05) is 24.3 Å². The van der Waals surface area contributed by atoms with Crippen LogP contribution in [0.3, 0.4) is 0 Å². The predicted molar refractivity (Wildman–Crippen MR) is 143 cm³/mol. The number of hydrogen-bond acceptors (Lipinski definition) is 6. The molecule has 1 aliphatic carbocycles. The molecule has 0 unspecified atom stereocenters. The van der Waals surface area contributed by atoms with Crippen molar-refractivity contribution in [1.29, 1.82) is 0 Å². The summed E-state index contributed by atoms with van der Waals surface area (Å²) >= 11 is 5.85. The van der Waals surface area contributed by atoms with Gasteiger partial charge in [0.1, 0.15) is 11.6 Å². The molecule has 3 aromatic rings. The first-order valence-corrected chi connectivity index (χ1v) is 11.5. The Morgan fingerprint density at radius 2 is 1.67 bits per heavy atom. The first kappa shape index (κ1) is 30.0. The Balaban J connectivity index is 0.00000228. The second-order valence-electron chi connectivity index (χ2n) is 8.66. The molecule has 2 aromatic carbocycles. The molecule has 0 atom stereocenters. The number of benzene rings is 2. The van der Waals surface area contributed by atoms with Gasteiger partial charge in [0.25, 0.3) is 0 Å². The molecule has 2 N–H and O–H groups in total. The molecule has 1 aromatic heterocycles. The maximum absolute atomic E-state index is 12.7. The molecule has 4 rings (SSSR count). The quantitative estimate of drug-likeness (QED) is 0.336. The fraction of sp³-hybridized carbons (Fsp3) is 0.417. The van der Waals surface area contributed by atoms with Crippen LogP contribution >= 0.6 is 36.4 Å². The smallest absolute Gasteiger partial charge is 0.405 e. The molecule has 6 nitrogen and oxygen atoms in total. The first-order valence-electron chi connectivity index (χ1n) is 11.2. The van der Waals surface area contributed by atoms with E-state index < -0.39 is 6.36 Å². The summed E-state index contributed by atoms with van der Waals surface area (Å²) in [6.07, 6.45) is -1.19. The zero-order valence-corrected chi connectivity index (χ0v) is 22.2. The van der Waals surface area contributed by atoms with E-state index in [1.807, 2.05) is 43.3 Å². The van der Waals surface area contributed by atoms with Gasteiger partial charge in [-0.05, 0) is 49.9 Å². The number of halogens is 6. The van der Waals surface area contributed by atoms with E-state index in [0.717, 1.165) is 42.4 Å². The van der Waals surface area contributed by atoms with Crippen LogP contribution in [0.4, 0.5) is 24.9 Å². The number of ether oxygens (including phenoxy) is 1. The highest BCUT2D eigenvalue weighted by Gasteiger charge is 2.32. The van der Waals surface area contributed by atoms with Crippen molar-refractivity contribution in [2.24, 2.45) is 0 Å². The number of rotatable bonds is 7. The van der Waals surface area contributed by atoms with Gasteiger partial charge in [0, 0.05) is 48.7 Å². The van der Waals surface area contributed by atoms with E-state index >= 15 is 0 Å². The normalized spacial score (nSPS) is 17.6. The highest BCUT2D eigenvalue weighted by molar-refractivity contribution is 6.30. The Bertz CT molecular complexity index is 1140. The van der Waals surface area contributed by atoms with Crippen LogP contribution in [-0.4, -0.2) is 42.5 Å². The van der Waals surface area contributed by atoms with Crippen LogP contribution in [0.15, 0.2) is 42.5 Å². The Hall–Kier alpha value is -2.20. The molecule has 1 aliphatic rings. The van der Waals surface area contributed by atoms with Crippen LogP contribution in [0.5, 0.6) is 5.75 Å². The number of para-hydroxylation sites is 1. The van der Waals surface area contributed by atoms with Gasteiger partial charge in [-0.25, -0.2) is 4.98 Å². The minimum absolute atomic E-state index is 0. The molecule has 1 saturated carbocycles. The zero-order chi connectivity index (χ0) is 24.3. The summed E-state index contributed by atoms with van der Waals surface area (Å²) in [4.78, 5) is 11.4. The van der Waals surface area contributed by atoms with E-state index in [1.165, 1.54) is 6.07 Å². The number of hydrogen-bond donors (Lipinski definition) is 2. The summed E-state index contributed by atoms with van der Waals surface area (Å²) in [6, 6.07) is 12.7. The van der Waals surface area contributed by atoms with E-state index in [2.05, 4.69) is 20.4 Å². The molecule has 0 radical (unpaired) electrons. The molecule has 0 amide bonds. The number of nitrogens with one attached hydrogen (secondary N) is 2. The van der Waals surface area contributed by atoms with Crippen molar-refractivity contribution in [3.05, 3.63) is 53.1 Å². The number of anilines is 2. The van der Waals surface area contributed by atoms with Gasteiger partial charge in [0.15, 0.2) is 0 Å². The SMILES string of the molecule is CN(C)c1nc(NC2CCC(NCc3ccc(Cl)cc3OC(F)(F)F)CC2)nc2ccccc12.Cl.Cl. The Morgan fingerprint density at radius 3 is 2.33 bits per heavy atom. The second-order valence-corrected chi connectivity index (χ2v) is 9.09. The molecule has 198 valence electrons. The summed E-state index contributed by atoms with van der Waals surface area (Å²) in [5, 5.41) is 8.03. The van der Waals surface area contributed by atoms with Crippen LogP contribution < -0.4 is 20.3 Å². The molecule has 36 heavy (non-hydrogen) atoms. The Kier molecular flexibility index (Phi) is 10.7. The molecule has 0 saturated heterocycles. The highest BCUT2D eigenvalue weighted by Crippen LogP contribution is 2.30. The lowest BCUT2D eigenvalue weighted by Crippen LogP contribution is -2.37. The summed E-state index contributed by atoms with van der Waals surface area (Å²) in [6.45, 7) is 0.269. The molecule has 0 spiro atoms. The maximum Gasteiger partial charge on any atom is 0.573 e. The summed E-state index contributed by atoms with van der Waals surface area (Å²) in [7, 11) is 3.92. The van der Waals surface area contributed by atoms with Crippen molar-refractivity contribution in [2.45, 2.75) is 50.7 Å². The standard InChI is InChI=1S/C24H27ClF3N5O.2ClH/c1-33(2)22-19-5-3-4-6-20(19)31-23(32-22)30-18-11-9-17(10-12-18)29-14-15-7-8-16(25)13-21(15)34-24(26,27)28;;/h3-8,13,17-18,29H,9-12,14H2,1-2H3,(H,30,31,32);2*1H. The summed E-state index contributed by atoms with van der Waals surface area (Å²) in [5.41, 5.74) is 1.31.